The molecule has 0 spiro atoms. The minimum Gasteiger partial charge on any atom is -0.481 e. The minimum atomic E-state index is -0.925. The molecule has 7 nitrogen and oxygen atoms in total. The predicted octanol–water partition coefficient (Wildman–Crippen LogP) is 2.74. The van der Waals surface area contributed by atoms with Gasteiger partial charge in [-0.2, -0.15) is 0 Å². The summed E-state index contributed by atoms with van der Waals surface area (Å²) in [6, 6.07) is 10.9. The first kappa shape index (κ1) is 21.0. The molecular weight excluding hydrogens is 392 g/mol. The number of thiophene rings is 1. The maximum Gasteiger partial charge on any atom is 0.304 e. The molecule has 2 amide bonds. The number of rotatable bonds is 8. The fourth-order valence-corrected chi connectivity index (χ4v) is 4.08. The van der Waals surface area contributed by atoms with Crippen LogP contribution in [0.1, 0.15) is 29.2 Å². The standard InChI is InChI=1S/C21H24N2O5S/c24-19(13-16(14-21(26)27)18-2-1-11-29-18)22-17-5-3-15(4-6-17)12-20(25)23-7-9-28-10-8-23/h1-6,11,16H,7-10,12-14H2,(H,22,24)(H,26,27)/t16-/m1/s1. The first-order valence-corrected chi connectivity index (χ1v) is 10.4. The highest BCUT2D eigenvalue weighted by Gasteiger charge is 2.21. The van der Waals surface area contributed by atoms with Crippen LogP contribution in [0.2, 0.25) is 0 Å². The number of amides is 2. The molecule has 0 aliphatic carbocycles. The summed E-state index contributed by atoms with van der Waals surface area (Å²) in [5.74, 6) is -1.44. The number of carboxylic acids is 1. The highest BCUT2D eigenvalue weighted by molar-refractivity contribution is 7.10. The monoisotopic (exact) mass is 416 g/mol. The molecule has 2 N–H and O–H groups in total. The van der Waals surface area contributed by atoms with E-state index in [1.165, 1.54) is 11.3 Å². The van der Waals surface area contributed by atoms with Gasteiger partial charge in [0.05, 0.1) is 26.1 Å². The lowest BCUT2D eigenvalue weighted by atomic mass is 9.99. The lowest BCUT2D eigenvalue weighted by molar-refractivity contribution is -0.137. The molecule has 1 atom stereocenters. The Balaban J connectivity index is 1.53. The Hall–Kier alpha value is -2.71. The van der Waals surface area contributed by atoms with Crippen LogP contribution in [0.15, 0.2) is 41.8 Å². The lowest BCUT2D eigenvalue weighted by Gasteiger charge is -2.26. The highest BCUT2D eigenvalue weighted by atomic mass is 32.1. The van der Waals surface area contributed by atoms with E-state index in [1.807, 2.05) is 29.6 Å². The van der Waals surface area contributed by atoms with E-state index in [4.69, 9.17) is 9.84 Å². The fourth-order valence-electron chi connectivity index (χ4n) is 3.25. The van der Waals surface area contributed by atoms with Gasteiger partial charge >= 0.3 is 5.97 Å². The van der Waals surface area contributed by atoms with Crippen molar-refractivity contribution in [2.45, 2.75) is 25.2 Å². The molecule has 3 rings (SSSR count). The van der Waals surface area contributed by atoms with Gasteiger partial charge in [0.15, 0.2) is 0 Å². The van der Waals surface area contributed by atoms with E-state index in [1.54, 1.807) is 17.0 Å². The predicted molar refractivity (Wildman–Crippen MR) is 110 cm³/mol. The Morgan fingerprint density at radius 3 is 2.45 bits per heavy atom. The van der Waals surface area contributed by atoms with Crippen LogP contribution in [0.25, 0.3) is 0 Å². The van der Waals surface area contributed by atoms with Crippen LogP contribution in [-0.4, -0.2) is 54.1 Å². The van der Waals surface area contributed by atoms with Crippen molar-refractivity contribution in [3.8, 4) is 0 Å². The van der Waals surface area contributed by atoms with Gasteiger partial charge in [0, 0.05) is 36.0 Å². The van der Waals surface area contributed by atoms with Crippen molar-refractivity contribution >= 4 is 34.8 Å². The molecule has 1 aliphatic rings. The van der Waals surface area contributed by atoms with Crippen LogP contribution in [0.5, 0.6) is 0 Å². The molecule has 0 radical (unpaired) electrons. The Morgan fingerprint density at radius 2 is 1.83 bits per heavy atom. The molecule has 8 heteroatoms. The highest BCUT2D eigenvalue weighted by Crippen LogP contribution is 2.28. The SMILES string of the molecule is O=C(O)C[C@@H](CC(=O)Nc1ccc(CC(=O)N2CCOCC2)cc1)c1cccs1. The van der Waals surface area contributed by atoms with Crippen molar-refractivity contribution in [1.82, 2.24) is 4.90 Å². The fraction of sp³-hybridized carbons (Fsp3) is 0.381. The second-order valence-electron chi connectivity index (χ2n) is 6.93. The number of morpholine rings is 1. The number of carboxylic acid groups (broad SMARTS) is 1. The van der Waals surface area contributed by atoms with Crippen molar-refractivity contribution in [3.63, 3.8) is 0 Å². The largest absolute Gasteiger partial charge is 0.481 e. The maximum absolute atomic E-state index is 12.4. The Kier molecular flexibility index (Phi) is 7.37. The number of nitrogens with zero attached hydrogens (tertiary/aromatic N) is 1. The first-order valence-electron chi connectivity index (χ1n) is 9.51. The van der Waals surface area contributed by atoms with Gasteiger partial charge in [-0.15, -0.1) is 11.3 Å². The summed E-state index contributed by atoms with van der Waals surface area (Å²) in [7, 11) is 0. The van der Waals surface area contributed by atoms with Gasteiger partial charge in [-0.05, 0) is 29.1 Å². The smallest absolute Gasteiger partial charge is 0.304 e. The molecule has 1 aromatic heterocycles. The number of nitrogens with one attached hydrogen (secondary N) is 1. The molecule has 29 heavy (non-hydrogen) atoms. The first-order chi connectivity index (χ1) is 14.0. The molecular formula is C21H24N2O5S. The Morgan fingerprint density at radius 1 is 1.10 bits per heavy atom. The number of hydrogen-bond donors (Lipinski definition) is 2. The Labute approximate surface area is 173 Å². The summed E-state index contributed by atoms with van der Waals surface area (Å²) in [6.07, 6.45) is 0.327. The normalized spacial score (nSPS) is 15.0. The zero-order chi connectivity index (χ0) is 20.6. The van der Waals surface area contributed by atoms with Gasteiger partial charge in [-0.3, -0.25) is 14.4 Å². The van der Waals surface area contributed by atoms with Crippen LogP contribution < -0.4 is 5.32 Å². The second-order valence-corrected chi connectivity index (χ2v) is 7.91. The number of carbonyl (C=O) groups is 3. The van der Waals surface area contributed by atoms with Crippen LogP contribution in [0.4, 0.5) is 5.69 Å². The van der Waals surface area contributed by atoms with Crippen LogP contribution in [0.3, 0.4) is 0 Å². The van der Waals surface area contributed by atoms with Crippen molar-refractivity contribution in [2.75, 3.05) is 31.6 Å². The van der Waals surface area contributed by atoms with Gasteiger partial charge < -0.3 is 20.1 Å². The van der Waals surface area contributed by atoms with E-state index in [9.17, 15) is 14.4 Å². The molecule has 1 aromatic carbocycles. The molecule has 0 unspecified atom stereocenters. The van der Waals surface area contributed by atoms with Crippen molar-refractivity contribution < 1.29 is 24.2 Å². The second kappa shape index (κ2) is 10.2. The number of ether oxygens (including phenoxy) is 1. The van der Waals surface area contributed by atoms with E-state index in [0.29, 0.717) is 38.4 Å². The van der Waals surface area contributed by atoms with Crippen LogP contribution in [0, 0.1) is 0 Å². The Bertz CT molecular complexity index is 829. The van der Waals surface area contributed by atoms with Crippen molar-refractivity contribution in [3.05, 3.63) is 52.2 Å². The minimum absolute atomic E-state index is 0.0672. The van der Waals surface area contributed by atoms with Crippen LogP contribution in [-0.2, 0) is 25.5 Å². The number of hydrogen-bond acceptors (Lipinski definition) is 5. The molecule has 0 bridgehead atoms. The molecule has 1 fully saturated rings. The number of anilines is 1. The molecule has 2 aromatic rings. The molecule has 0 saturated carbocycles. The summed E-state index contributed by atoms with van der Waals surface area (Å²) < 4.78 is 5.26. The van der Waals surface area contributed by atoms with Gasteiger partial charge in [0.25, 0.3) is 0 Å². The zero-order valence-electron chi connectivity index (χ0n) is 16.0. The maximum atomic E-state index is 12.4. The van der Waals surface area contributed by atoms with Gasteiger partial charge in [-0.25, -0.2) is 0 Å². The van der Waals surface area contributed by atoms with E-state index in [-0.39, 0.29) is 30.6 Å². The lowest BCUT2D eigenvalue weighted by Crippen LogP contribution is -2.41. The van der Waals surface area contributed by atoms with E-state index >= 15 is 0 Å². The van der Waals surface area contributed by atoms with Gasteiger partial charge in [0.2, 0.25) is 11.8 Å². The average Bonchev–Trinajstić information content (AvgIpc) is 3.24. The van der Waals surface area contributed by atoms with E-state index < -0.39 is 5.97 Å². The third-order valence-electron chi connectivity index (χ3n) is 4.76. The van der Waals surface area contributed by atoms with Gasteiger partial charge in [-0.1, -0.05) is 18.2 Å². The molecule has 1 saturated heterocycles. The van der Waals surface area contributed by atoms with E-state index in [2.05, 4.69) is 5.32 Å². The summed E-state index contributed by atoms with van der Waals surface area (Å²) in [4.78, 5) is 38.5. The quantitative estimate of drug-likeness (QED) is 0.690. The summed E-state index contributed by atoms with van der Waals surface area (Å²) >= 11 is 1.45. The number of carbonyl (C=O) groups excluding carboxylic acids is 2. The average molecular weight is 416 g/mol. The van der Waals surface area contributed by atoms with Crippen molar-refractivity contribution in [2.24, 2.45) is 0 Å². The zero-order valence-corrected chi connectivity index (χ0v) is 16.8. The number of aliphatic carboxylic acids is 1. The topological polar surface area (TPSA) is 95.9 Å². The molecule has 154 valence electrons. The molecule has 1 aliphatic heterocycles. The number of benzene rings is 1. The summed E-state index contributed by atoms with van der Waals surface area (Å²) in [5, 5.41) is 13.8. The summed E-state index contributed by atoms with van der Waals surface area (Å²) in [6.45, 7) is 2.39. The third-order valence-corrected chi connectivity index (χ3v) is 5.79. The summed E-state index contributed by atoms with van der Waals surface area (Å²) in [5.41, 5.74) is 1.50. The van der Waals surface area contributed by atoms with Crippen molar-refractivity contribution in [1.29, 1.82) is 0 Å². The van der Waals surface area contributed by atoms with E-state index in [0.717, 1.165) is 10.4 Å². The third kappa shape index (κ3) is 6.40. The van der Waals surface area contributed by atoms with Crippen LogP contribution >= 0.6 is 11.3 Å². The molecule has 2 heterocycles. The van der Waals surface area contributed by atoms with Gasteiger partial charge in [0.1, 0.15) is 0 Å².